The smallest absolute Gasteiger partial charge is 0.406 e. The molecule has 1 amide bonds. The third-order valence-electron chi connectivity index (χ3n) is 1.32. The van der Waals surface area contributed by atoms with Crippen LogP contribution in [0.4, 0.5) is 4.79 Å². The summed E-state index contributed by atoms with van der Waals surface area (Å²) < 4.78 is 9.84. The van der Waals surface area contributed by atoms with Crippen molar-refractivity contribution in [3.05, 3.63) is 0 Å². The summed E-state index contributed by atoms with van der Waals surface area (Å²) in [7, 11) is 1.51. The molecule has 0 aromatic carbocycles. The molecule has 5 nitrogen and oxygen atoms in total. The fraction of sp³-hybridized carbons (Fsp3) is 0.875. The summed E-state index contributed by atoms with van der Waals surface area (Å²) in [4.78, 5) is 10.5. The van der Waals surface area contributed by atoms with E-state index in [0.717, 1.165) is 0 Å². The van der Waals surface area contributed by atoms with Crippen LogP contribution < -0.4 is 5.32 Å². The third kappa shape index (κ3) is 9.10. The first-order valence-corrected chi connectivity index (χ1v) is 4.34. The lowest BCUT2D eigenvalue weighted by molar-refractivity contribution is 0.0922. The number of nitrogens with one attached hydrogen (secondary N) is 1. The van der Waals surface area contributed by atoms with Gasteiger partial charge in [-0.1, -0.05) is 0 Å². The van der Waals surface area contributed by atoms with E-state index in [-0.39, 0.29) is 6.61 Å². The van der Waals surface area contributed by atoms with Crippen LogP contribution in [-0.2, 0) is 9.47 Å². The van der Waals surface area contributed by atoms with Gasteiger partial charge in [0.25, 0.3) is 0 Å². The monoisotopic (exact) mass is 191 g/mol. The average molecular weight is 191 g/mol. The maximum atomic E-state index is 10.5. The molecular formula is C8H17NO4. The van der Waals surface area contributed by atoms with Crippen molar-refractivity contribution in [2.75, 3.05) is 33.5 Å². The van der Waals surface area contributed by atoms with E-state index in [9.17, 15) is 4.79 Å². The van der Waals surface area contributed by atoms with Crippen molar-refractivity contribution < 1.29 is 19.4 Å². The Morgan fingerprint density at radius 3 is 2.62 bits per heavy atom. The van der Waals surface area contributed by atoms with Gasteiger partial charge in [-0.3, -0.25) is 0 Å². The van der Waals surface area contributed by atoms with Crippen molar-refractivity contribution in [1.82, 2.24) is 5.32 Å². The minimum Gasteiger partial charge on any atom is -0.449 e. The Morgan fingerprint density at radius 2 is 2.00 bits per heavy atom. The molecule has 5 heteroatoms. The van der Waals surface area contributed by atoms with Crippen LogP contribution in [-0.4, -0.2) is 44.7 Å². The molecule has 0 unspecified atom stereocenters. The van der Waals surface area contributed by atoms with Crippen molar-refractivity contribution in [1.29, 1.82) is 0 Å². The second kappa shape index (κ2) is 9.28. The maximum absolute atomic E-state index is 10.5. The quantitative estimate of drug-likeness (QED) is 0.561. The van der Waals surface area contributed by atoms with Gasteiger partial charge in [-0.25, -0.2) is 4.79 Å². The van der Waals surface area contributed by atoms with Crippen molar-refractivity contribution in [2.45, 2.75) is 12.8 Å². The largest absolute Gasteiger partial charge is 0.449 e. The molecule has 0 aromatic heterocycles. The van der Waals surface area contributed by atoms with Gasteiger partial charge in [-0.05, 0) is 6.42 Å². The molecule has 0 fully saturated rings. The number of aliphatic hydroxyl groups is 1. The first kappa shape index (κ1) is 12.2. The molecule has 78 valence electrons. The number of hydrogen-bond acceptors (Lipinski definition) is 4. The number of ether oxygens (including phenoxy) is 2. The van der Waals surface area contributed by atoms with E-state index in [1.807, 2.05) is 0 Å². The third-order valence-corrected chi connectivity index (χ3v) is 1.32. The highest BCUT2D eigenvalue weighted by Gasteiger charge is 1.96. The van der Waals surface area contributed by atoms with Gasteiger partial charge in [-0.2, -0.15) is 0 Å². The number of hydrogen-bond donors (Lipinski definition) is 2. The fourth-order valence-electron chi connectivity index (χ4n) is 0.667. The topological polar surface area (TPSA) is 67.8 Å². The van der Waals surface area contributed by atoms with Gasteiger partial charge >= 0.3 is 6.09 Å². The van der Waals surface area contributed by atoms with Crippen molar-refractivity contribution in [2.24, 2.45) is 0 Å². The summed E-state index contributed by atoms with van der Waals surface area (Å²) in [6.45, 7) is 1.61. The molecule has 2 N–H and O–H groups in total. The van der Waals surface area contributed by atoms with E-state index in [4.69, 9.17) is 14.6 Å². The molecule has 0 heterocycles. The second-order valence-electron chi connectivity index (χ2n) is 2.43. The van der Waals surface area contributed by atoms with E-state index in [0.29, 0.717) is 32.7 Å². The molecule has 0 bridgehead atoms. The Hall–Kier alpha value is -0.810. The first-order valence-electron chi connectivity index (χ1n) is 4.34. The molecule has 0 saturated carbocycles. The Morgan fingerprint density at radius 1 is 1.31 bits per heavy atom. The van der Waals surface area contributed by atoms with E-state index < -0.39 is 6.09 Å². The molecule has 0 aliphatic carbocycles. The van der Waals surface area contributed by atoms with Crippen LogP contribution in [0.3, 0.4) is 0 Å². The van der Waals surface area contributed by atoms with Crippen LogP contribution in [0, 0.1) is 0 Å². The number of carbonyl (C=O) groups is 1. The number of amides is 1. The minimum absolute atomic E-state index is 0.148. The Kier molecular flexibility index (Phi) is 8.70. The lowest BCUT2D eigenvalue weighted by atomic mass is 10.4. The lowest BCUT2D eigenvalue weighted by Crippen LogP contribution is -2.20. The molecule has 13 heavy (non-hydrogen) atoms. The SMILES string of the molecule is CNC(=O)OCCCOCCCO. The molecule has 0 spiro atoms. The molecule has 0 radical (unpaired) electrons. The van der Waals surface area contributed by atoms with Gasteiger partial charge < -0.3 is 19.9 Å². The summed E-state index contributed by atoms with van der Waals surface area (Å²) in [5.74, 6) is 0. The second-order valence-corrected chi connectivity index (χ2v) is 2.43. The van der Waals surface area contributed by atoms with E-state index in [2.05, 4.69) is 5.32 Å². The van der Waals surface area contributed by atoms with Gasteiger partial charge in [0, 0.05) is 33.3 Å². The molecule has 0 rings (SSSR count). The summed E-state index contributed by atoms with van der Waals surface area (Å²) in [6, 6.07) is 0. The fourth-order valence-corrected chi connectivity index (χ4v) is 0.667. The van der Waals surface area contributed by atoms with Crippen LogP contribution in [0.15, 0.2) is 0 Å². The van der Waals surface area contributed by atoms with Gasteiger partial charge in [-0.15, -0.1) is 0 Å². The van der Waals surface area contributed by atoms with Crippen LogP contribution >= 0.6 is 0 Å². The molecular weight excluding hydrogens is 174 g/mol. The predicted molar refractivity (Wildman–Crippen MR) is 47.5 cm³/mol. The van der Waals surface area contributed by atoms with Crippen LogP contribution in [0.25, 0.3) is 0 Å². The predicted octanol–water partition coefficient (Wildman–Crippen LogP) is 0.132. The average Bonchev–Trinajstić information content (AvgIpc) is 2.16. The van der Waals surface area contributed by atoms with Gasteiger partial charge in [0.15, 0.2) is 0 Å². The van der Waals surface area contributed by atoms with Crippen molar-refractivity contribution in [3.8, 4) is 0 Å². The Bertz CT molecular complexity index is 129. The highest BCUT2D eigenvalue weighted by atomic mass is 16.5. The molecule has 0 aliphatic rings. The van der Waals surface area contributed by atoms with Crippen LogP contribution in [0.2, 0.25) is 0 Å². The summed E-state index contributed by atoms with van der Waals surface area (Å²) in [6.07, 6.45) is 0.908. The zero-order valence-corrected chi connectivity index (χ0v) is 7.91. The van der Waals surface area contributed by atoms with E-state index in [1.165, 1.54) is 7.05 Å². The summed E-state index contributed by atoms with van der Waals surface area (Å²) >= 11 is 0. The van der Waals surface area contributed by atoms with Gasteiger partial charge in [0.1, 0.15) is 0 Å². The summed E-state index contributed by atoms with van der Waals surface area (Å²) in [5, 5.41) is 10.8. The highest BCUT2D eigenvalue weighted by molar-refractivity contribution is 5.66. The Labute approximate surface area is 78.0 Å². The Balaban J connectivity index is 2.95. The molecule has 0 aliphatic heterocycles. The number of alkyl carbamates (subject to hydrolysis) is 1. The molecule has 0 saturated heterocycles. The highest BCUT2D eigenvalue weighted by Crippen LogP contribution is 1.87. The number of carbonyl (C=O) groups excluding carboxylic acids is 1. The van der Waals surface area contributed by atoms with Gasteiger partial charge in [0.05, 0.1) is 6.61 Å². The molecule has 0 aromatic rings. The van der Waals surface area contributed by atoms with Crippen LogP contribution in [0.5, 0.6) is 0 Å². The number of rotatable bonds is 7. The van der Waals surface area contributed by atoms with Crippen LogP contribution in [0.1, 0.15) is 12.8 Å². The summed E-state index contributed by atoms with van der Waals surface area (Å²) in [5.41, 5.74) is 0. The zero-order chi connectivity index (χ0) is 9.94. The van der Waals surface area contributed by atoms with E-state index in [1.54, 1.807) is 0 Å². The van der Waals surface area contributed by atoms with Gasteiger partial charge in [0.2, 0.25) is 0 Å². The first-order chi connectivity index (χ1) is 6.31. The number of aliphatic hydroxyl groups excluding tert-OH is 1. The maximum Gasteiger partial charge on any atom is 0.406 e. The normalized spacial score (nSPS) is 9.69. The van der Waals surface area contributed by atoms with E-state index >= 15 is 0 Å². The standard InChI is InChI=1S/C8H17NO4/c1-9-8(11)13-7-3-6-12-5-2-4-10/h10H,2-7H2,1H3,(H,9,11). The van der Waals surface area contributed by atoms with Crippen molar-refractivity contribution >= 4 is 6.09 Å². The minimum atomic E-state index is -0.421. The zero-order valence-electron chi connectivity index (χ0n) is 7.91. The molecule has 0 atom stereocenters. The van der Waals surface area contributed by atoms with Crippen molar-refractivity contribution in [3.63, 3.8) is 0 Å². The lowest BCUT2D eigenvalue weighted by Gasteiger charge is -2.04.